The van der Waals surface area contributed by atoms with E-state index in [0.717, 1.165) is 42.5 Å². The Hall–Kier alpha value is -2.24. The summed E-state index contributed by atoms with van der Waals surface area (Å²) in [6.45, 7) is 11.1. The molecule has 1 aromatic carbocycles. The predicted octanol–water partition coefficient (Wildman–Crippen LogP) is 2.27. The second-order valence-electron chi connectivity index (χ2n) is 5.90. The normalized spacial score (nSPS) is 11.2. The van der Waals surface area contributed by atoms with Gasteiger partial charge in [-0.3, -0.25) is 4.79 Å². The molecule has 0 aliphatic rings. The van der Waals surface area contributed by atoms with Crippen molar-refractivity contribution in [3.63, 3.8) is 0 Å². The largest absolute Gasteiger partial charge is 0.496 e. The molecule has 6 nitrogen and oxygen atoms in total. The van der Waals surface area contributed by atoms with E-state index in [-0.39, 0.29) is 5.91 Å². The van der Waals surface area contributed by atoms with Gasteiger partial charge < -0.3 is 19.9 Å². The number of hydrogen-bond donors (Lipinski definition) is 1. The second kappa shape index (κ2) is 10.6. The van der Waals surface area contributed by atoms with Crippen LogP contribution in [0.4, 0.5) is 0 Å². The number of carbonyl (C=O) groups is 1. The zero-order valence-electron chi connectivity index (χ0n) is 16.4. The molecular formula is C19H32N4O2. The molecule has 0 fully saturated rings. The quantitative estimate of drug-likeness (QED) is 0.578. The highest BCUT2D eigenvalue weighted by molar-refractivity contribution is 5.86. The summed E-state index contributed by atoms with van der Waals surface area (Å²) < 4.78 is 5.37. The molecule has 140 valence electrons. The summed E-state index contributed by atoms with van der Waals surface area (Å²) in [7, 11) is 3.56. The third-order valence-corrected chi connectivity index (χ3v) is 4.07. The summed E-state index contributed by atoms with van der Waals surface area (Å²) >= 11 is 0. The highest BCUT2D eigenvalue weighted by Crippen LogP contribution is 2.19. The zero-order chi connectivity index (χ0) is 18.8. The lowest BCUT2D eigenvalue weighted by molar-refractivity contribution is -0.131. The van der Waals surface area contributed by atoms with Crippen molar-refractivity contribution in [1.29, 1.82) is 0 Å². The van der Waals surface area contributed by atoms with Gasteiger partial charge in [0.15, 0.2) is 5.96 Å². The first-order valence-electron chi connectivity index (χ1n) is 8.87. The molecule has 0 unspecified atom stereocenters. The number of guanidine groups is 1. The summed E-state index contributed by atoms with van der Waals surface area (Å²) in [5, 5.41) is 3.25. The molecule has 1 N–H and O–H groups in total. The van der Waals surface area contributed by atoms with Gasteiger partial charge in [0.1, 0.15) is 5.75 Å². The summed E-state index contributed by atoms with van der Waals surface area (Å²) in [5.41, 5.74) is 2.17. The fourth-order valence-corrected chi connectivity index (χ4v) is 2.55. The lowest BCUT2D eigenvalue weighted by atomic mass is 10.1. The average molecular weight is 348 g/mol. The molecule has 0 saturated heterocycles. The second-order valence-corrected chi connectivity index (χ2v) is 5.90. The Labute approximate surface area is 151 Å². The molecule has 0 bridgehead atoms. The number of methoxy groups -OCH3 is 1. The summed E-state index contributed by atoms with van der Waals surface area (Å²) in [6.07, 6.45) is 0. The molecule has 1 rings (SSSR count). The Morgan fingerprint density at radius 1 is 1.24 bits per heavy atom. The van der Waals surface area contributed by atoms with Crippen LogP contribution in [-0.4, -0.2) is 62.0 Å². The van der Waals surface area contributed by atoms with Crippen LogP contribution in [0.5, 0.6) is 5.75 Å². The summed E-state index contributed by atoms with van der Waals surface area (Å²) in [5.74, 6) is 1.69. The first-order chi connectivity index (χ1) is 12.0. The number of rotatable bonds is 8. The molecule has 0 aromatic heterocycles. The van der Waals surface area contributed by atoms with E-state index in [2.05, 4.69) is 10.3 Å². The fraction of sp³-hybridized carbons (Fsp3) is 0.579. The Kier molecular flexibility index (Phi) is 8.81. The molecule has 1 aromatic rings. The van der Waals surface area contributed by atoms with Gasteiger partial charge in [-0.2, -0.15) is 0 Å². The van der Waals surface area contributed by atoms with Gasteiger partial charge in [-0.15, -0.1) is 0 Å². The molecule has 1 amide bonds. The summed E-state index contributed by atoms with van der Waals surface area (Å²) in [6, 6.07) is 6.08. The molecule has 0 atom stereocenters. The third kappa shape index (κ3) is 6.29. The number of benzene rings is 1. The molecule has 0 aliphatic heterocycles. The molecule has 0 spiro atoms. The van der Waals surface area contributed by atoms with Crippen LogP contribution in [0.2, 0.25) is 0 Å². The van der Waals surface area contributed by atoms with Crippen LogP contribution in [0, 0.1) is 6.92 Å². The van der Waals surface area contributed by atoms with Gasteiger partial charge in [-0.1, -0.05) is 12.1 Å². The van der Waals surface area contributed by atoms with E-state index < -0.39 is 0 Å². The van der Waals surface area contributed by atoms with Crippen molar-refractivity contribution in [1.82, 2.24) is 15.1 Å². The number of hydrogen-bond acceptors (Lipinski definition) is 3. The van der Waals surface area contributed by atoms with Crippen molar-refractivity contribution in [2.75, 3.05) is 40.3 Å². The highest BCUT2D eigenvalue weighted by Gasteiger charge is 2.15. The van der Waals surface area contributed by atoms with Crippen LogP contribution in [0.15, 0.2) is 23.2 Å². The number of nitrogens with zero attached hydrogens (tertiary/aromatic N) is 3. The van der Waals surface area contributed by atoms with E-state index >= 15 is 0 Å². The van der Waals surface area contributed by atoms with Gasteiger partial charge in [0.25, 0.3) is 0 Å². The molecule has 0 saturated carbocycles. The van der Waals surface area contributed by atoms with Gasteiger partial charge in [0.05, 0.1) is 20.2 Å². The number of aryl methyl sites for hydroxylation is 1. The van der Waals surface area contributed by atoms with Crippen LogP contribution < -0.4 is 10.1 Å². The SMILES string of the molecule is CCNC(=NCc1ccc(C)c(OC)c1)N(C)CC(=O)N(CC)CC. The molecular weight excluding hydrogens is 316 g/mol. The highest BCUT2D eigenvalue weighted by atomic mass is 16.5. The number of aliphatic imine (C=N–C) groups is 1. The number of amides is 1. The van der Waals surface area contributed by atoms with E-state index in [1.165, 1.54) is 0 Å². The van der Waals surface area contributed by atoms with Crippen LogP contribution in [0.3, 0.4) is 0 Å². The number of likely N-dealkylation sites (N-methyl/N-ethyl adjacent to an activating group) is 2. The van der Waals surface area contributed by atoms with E-state index in [9.17, 15) is 4.79 Å². The van der Waals surface area contributed by atoms with Crippen molar-refractivity contribution in [3.05, 3.63) is 29.3 Å². The first-order valence-corrected chi connectivity index (χ1v) is 8.87. The van der Waals surface area contributed by atoms with E-state index in [1.807, 2.05) is 62.7 Å². The monoisotopic (exact) mass is 348 g/mol. The Morgan fingerprint density at radius 2 is 1.92 bits per heavy atom. The van der Waals surface area contributed by atoms with Gasteiger partial charge in [-0.25, -0.2) is 4.99 Å². The molecule has 25 heavy (non-hydrogen) atoms. The van der Waals surface area contributed by atoms with Crippen molar-refractivity contribution in [3.8, 4) is 5.75 Å². The maximum Gasteiger partial charge on any atom is 0.242 e. The van der Waals surface area contributed by atoms with Crippen LogP contribution in [0.1, 0.15) is 31.9 Å². The van der Waals surface area contributed by atoms with E-state index in [0.29, 0.717) is 13.1 Å². The van der Waals surface area contributed by atoms with Crippen molar-refractivity contribution >= 4 is 11.9 Å². The average Bonchev–Trinajstić information content (AvgIpc) is 2.60. The van der Waals surface area contributed by atoms with Gasteiger partial charge in [-0.05, 0) is 44.9 Å². The predicted molar refractivity (Wildman–Crippen MR) is 103 cm³/mol. The fourth-order valence-electron chi connectivity index (χ4n) is 2.55. The van der Waals surface area contributed by atoms with Crippen molar-refractivity contribution in [2.45, 2.75) is 34.2 Å². The third-order valence-electron chi connectivity index (χ3n) is 4.07. The topological polar surface area (TPSA) is 57.2 Å². The summed E-state index contributed by atoms with van der Waals surface area (Å²) in [4.78, 5) is 20.7. The standard InChI is InChI=1S/C19H32N4O2/c1-7-20-19(22(5)14-18(24)23(8-2)9-3)21-13-16-11-10-15(4)17(12-16)25-6/h10-12H,7-9,13-14H2,1-6H3,(H,20,21). The number of nitrogens with one attached hydrogen (secondary N) is 1. The van der Waals surface area contributed by atoms with Crippen molar-refractivity contribution in [2.24, 2.45) is 4.99 Å². The minimum absolute atomic E-state index is 0.107. The van der Waals surface area contributed by atoms with Gasteiger partial charge in [0, 0.05) is 26.7 Å². The zero-order valence-corrected chi connectivity index (χ0v) is 16.4. The van der Waals surface area contributed by atoms with E-state index in [4.69, 9.17) is 4.74 Å². The number of carbonyl (C=O) groups excluding carboxylic acids is 1. The van der Waals surface area contributed by atoms with E-state index in [1.54, 1.807) is 7.11 Å². The van der Waals surface area contributed by atoms with Crippen LogP contribution in [-0.2, 0) is 11.3 Å². The minimum atomic E-state index is 0.107. The molecule has 0 aliphatic carbocycles. The maximum absolute atomic E-state index is 12.3. The minimum Gasteiger partial charge on any atom is -0.496 e. The Morgan fingerprint density at radius 3 is 2.48 bits per heavy atom. The number of ether oxygens (including phenoxy) is 1. The molecule has 0 heterocycles. The molecule has 0 radical (unpaired) electrons. The maximum atomic E-state index is 12.3. The Balaban J connectivity index is 2.83. The van der Waals surface area contributed by atoms with Crippen molar-refractivity contribution < 1.29 is 9.53 Å². The molecule has 6 heteroatoms. The van der Waals surface area contributed by atoms with Crippen LogP contribution in [0.25, 0.3) is 0 Å². The van der Waals surface area contributed by atoms with Crippen LogP contribution >= 0.6 is 0 Å². The smallest absolute Gasteiger partial charge is 0.242 e. The van der Waals surface area contributed by atoms with Gasteiger partial charge in [0.2, 0.25) is 5.91 Å². The lowest BCUT2D eigenvalue weighted by Crippen LogP contribution is -2.45. The van der Waals surface area contributed by atoms with Gasteiger partial charge >= 0.3 is 0 Å². The Bertz CT molecular complexity index is 583. The first kappa shape index (κ1) is 20.8. The lowest BCUT2D eigenvalue weighted by Gasteiger charge is -2.25.